The van der Waals surface area contributed by atoms with E-state index in [4.69, 9.17) is 4.42 Å². The molecule has 1 N–H and O–H groups in total. The minimum atomic E-state index is -0.189. The Morgan fingerprint density at radius 2 is 2.04 bits per heavy atom. The lowest BCUT2D eigenvalue weighted by atomic mass is 10.3. The van der Waals surface area contributed by atoms with Crippen molar-refractivity contribution in [1.29, 1.82) is 0 Å². The van der Waals surface area contributed by atoms with Crippen LogP contribution in [0.3, 0.4) is 0 Å². The zero-order chi connectivity index (χ0) is 18.4. The number of hydrogen-bond acceptors (Lipinski definition) is 7. The van der Waals surface area contributed by atoms with Crippen LogP contribution in [0.1, 0.15) is 24.4 Å². The average molecular weight is 372 g/mol. The number of pyridine rings is 1. The molecule has 136 valence electrons. The second-order valence-corrected chi connectivity index (χ2v) is 6.52. The van der Waals surface area contributed by atoms with Crippen LogP contribution in [-0.2, 0) is 19.4 Å². The molecule has 0 atom stereocenters. The minimum Gasteiger partial charge on any atom is -0.423 e. The molecule has 0 aromatic carbocycles. The number of carbonyl (C=O) groups excluding carboxylic acids is 1. The number of carbonyl (C=O) groups is 1. The first kappa shape index (κ1) is 18.0. The number of rotatable bonds is 7. The van der Waals surface area contributed by atoms with Gasteiger partial charge in [0.1, 0.15) is 11.6 Å². The highest BCUT2D eigenvalue weighted by Crippen LogP contribution is 2.22. The van der Waals surface area contributed by atoms with E-state index in [2.05, 4.69) is 25.5 Å². The van der Waals surface area contributed by atoms with Gasteiger partial charge in [-0.05, 0) is 12.1 Å². The SMILES string of the molecule is CCc1nnc(CN(C)C(=O)NCCc2csc(-c3ccncc3)n2)o1. The Balaban J connectivity index is 1.45. The van der Waals surface area contributed by atoms with Crippen molar-refractivity contribution < 1.29 is 9.21 Å². The molecule has 3 heterocycles. The summed E-state index contributed by atoms with van der Waals surface area (Å²) in [5, 5.41) is 13.6. The maximum Gasteiger partial charge on any atom is 0.317 e. The van der Waals surface area contributed by atoms with Gasteiger partial charge < -0.3 is 14.6 Å². The first-order valence-corrected chi connectivity index (χ1v) is 9.18. The number of aryl methyl sites for hydroxylation is 1. The highest BCUT2D eigenvalue weighted by atomic mass is 32.1. The number of nitrogens with one attached hydrogen (secondary N) is 1. The molecule has 8 nitrogen and oxygen atoms in total. The van der Waals surface area contributed by atoms with Crippen molar-refractivity contribution in [3.63, 3.8) is 0 Å². The summed E-state index contributed by atoms with van der Waals surface area (Å²) >= 11 is 1.58. The number of urea groups is 1. The lowest BCUT2D eigenvalue weighted by Gasteiger charge is -2.15. The molecule has 3 aromatic rings. The van der Waals surface area contributed by atoms with E-state index in [1.54, 1.807) is 30.8 Å². The second kappa shape index (κ2) is 8.52. The Kier molecular flexibility index (Phi) is 5.90. The predicted octanol–water partition coefficient (Wildman–Crippen LogP) is 2.53. The molecule has 0 saturated carbocycles. The van der Waals surface area contributed by atoms with Gasteiger partial charge in [0.2, 0.25) is 11.8 Å². The van der Waals surface area contributed by atoms with Crippen LogP contribution in [0.2, 0.25) is 0 Å². The van der Waals surface area contributed by atoms with E-state index in [1.807, 2.05) is 24.4 Å². The first-order chi connectivity index (χ1) is 12.7. The lowest BCUT2D eigenvalue weighted by molar-refractivity contribution is 0.202. The van der Waals surface area contributed by atoms with E-state index in [-0.39, 0.29) is 12.6 Å². The number of hydrogen-bond donors (Lipinski definition) is 1. The first-order valence-electron chi connectivity index (χ1n) is 8.30. The van der Waals surface area contributed by atoms with Gasteiger partial charge in [-0.15, -0.1) is 21.5 Å². The summed E-state index contributed by atoms with van der Waals surface area (Å²) in [5.41, 5.74) is 2.00. The Morgan fingerprint density at radius 1 is 1.27 bits per heavy atom. The molecule has 2 amide bonds. The van der Waals surface area contributed by atoms with Gasteiger partial charge in [-0.25, -0.2) is 9.78 Å². The third-order valence-electron chi connectivity index (χ3n) is 3.67. The smallest absolute Gasteiger partial charge is 0.317 e. The van der Waals surface area contributed by atoms with Gasteiger partial charge in [0.05, 0.1) is 5.69 Å². The molecule has 0 unspecified atom stereocenters. The predicted molar refractivity (Wildman–Crippen MR) is 97.6 cm³/mol. The van der Waals surface area contributed by atoms with Gasteiger partial charge in [-0.2, -0.15) is 0 Å². The molecule has 0 aliphatic rings. The minimum absolute atomic E-state index is 0.189. The molecular formula is C17H20N6O2S. The van der Waals surface area contributed by atoms with Crippen molar-refractivity contribution in [2.45, 2.75) is 26.3 Å². The molecule has 0 radical (unpaired) electrons. The van der Waals surface area contributed by atoms with Gasteiger partial charge >= 0.3 is 6.03 Å². The quantitative estimate of drug-likeness (QED) is 0.684. The Bertz CT molecular complexity index is 848. The van der Waals surface area contributed by atoms with Crippen LogP contribution in [0.4, 0.5) is 4.79 Å². The molecular weight excluding hydrogens is 352 g/mol. The fraction of sp³-hybridized carbons (Fsp3) is 0.353. The molecule has 26 heavy (non-hydrogen) atoms. The van der Waals surface area contributed by atoms with Crippen molar-refractivity contribution in [2.24, 2.45) is 0 Å². The topological polar surface area (TPSA) is 97.0 Å². The van der Waals surface area contributed by atoms with E-state index in [9.17, 15) is 4.79 Å². The van der Waals surface area contributed by atoms with Gasteiger partial charge in [-0.3, -0.25) is 4.98 Å². The van der Waals surface area contributed by atoms with Crippen LogP contribution in [0.5, 0.6) is 0 Å². The molecule has 9 heteroatoms. The van der Waals surface area contributed by atoms with E-state index in [0.29, 0.717) is 31.2 Å². The van der Waals surface area contributed by atoms with Crippen LogP contribution >= 0.6 is 11.3 Å². The van der Waals surface area contributed by atoms with Crippen molar-refractivity contribution in [2.75, 3.05) is 13.6 Å². The zero-order valence-corrected chi connectivity index (χ0v) is 15.5. The molecule has 0 fully saturated rings. The average Bonchev–Trinajstić information content (AvgIpc) is 3.31. The summed E-state index contributed by atoms with van der Waals surface area (Å²) in [5.74, 6) is 1.00. The summed E-state index contributed by atoms with van der Waals surface area (Å²) in [6.45, 7) is 2.72. The highest BCUT2D eigenvalue weighted by Gasteiger charge is 2.13. The van der Waals surface area contributed by atoms with E-state index in [1.165, 1.54) is 4.90 Å². The molecule has 0 aliphatic heterocycles. The monoisotopic (exact) mass is 372 g/mol. The standard InChI is InChI=1S/C17H20N6O2S/c1-3-14-21-22-15(25-14)10-23(2)17(24)19-9-6-13-11-26-16(20-13)12-4-7-18-8-5-12/h4-5,7-8,11H,3,6,9-10H2,1-2H3,(H,19,24). The summed E-state index contributed by atoms with van der Waals surface area (Å²) in [6, 6.07) is 3.67. The number of thiazole rings is 1. The normalized spacial score (nSPS) is 10.7. The van der Waals surface area contributed by atoms with Crippen LogP contribution < -0.4 is 5.32 Å². The van der Waals surface area contributed by atoms with Crippen molar-refractivity contribution in [3.05, 3.63) is 47.4 Å². The zero-order valence-electron chi connectivity index (χ0n) is 14.7. The highest BCUT2D eigenvalue weighted by molar-refractivity contribution is 7.13. The molecule has 0 spiro atoms. The van der Waals surface area contributed by atoms with E-state index < -0.39 is 0 Å². The van der Waals surface area contributed by atoms with Gasteiger partial charge in [0.15, 0.2) is 0 Å². The van der Waals surface area contributed by atoms with Crippen LogP contribution in [0.25, 0.3) is 10.6 Å². The van der Waals surface area contributed by atoms with Gasteiger partial charge in [0, 0.05) is 49.8 Å². The lowest BCUT2D eigenvalue weighted by Crippen LogP contribution is -2.37. The Labute approximate surface area is 155 Å². The Morgan fingerprint density at radius 3 is 2.77 bits per heavy atom. The van der Waals surface area contributed by atoms with E-state index >= 15 is 0 Å². The van der Waals surface area contributed by atoms with Crippen molar-refractivity contribution in [1.82, 2.24) is 30.4 Å². The number of nitrogens with zero attached hydrogens (tertiary/aromatic N) is 5. The maximum atomic E-state index is 12.1. The van der Waals surface area contributed by atoms with Crippen LogP contribution in [0.15, 0.2) is 34.3 Å². The third-order valence-corrected chi connectivity index (χ3v) is 4.61. The van der Waals surface area contributed by atoms with Gasteiger partial charge in [0.25, 0.3) is 0 Å². The molecule has 0 bridgehead atoms. The molecule has 3 rings (SSSR count). The second-order valence-electron chi connectivity index (χ2n) is 5.66. The summed E-state index contributed by atoms with van der Waals surface area (Å²) < 4.78 is 5.42. The molecule has 0 saturated heterocycles. The molecule has 3 aromatic heterocycles. The van der Waals surface area contributed by atoms with Crippen LogP contribution in [-0.4, -0.2) is 44.7 Å². The van der Waals surface area contributed by atoms with Gasteiger partial charge in [-0.1, -0.05) is 6.92 Å². The molecule has 0 aliphatic carbocycles. The summed E-state index contributed by atoms with van der Waals surface area (Å²) in [7, 11) is 1.69. The fourth-order valence-corrected chi connectivity index (χ4v) is 3.11. The van der Waals surface area contributed by atoms with Crippen LogP contribution in [0, 0.1) is 0 Å². The summed E-state index contributed by atoms with van der Waals surface area (Å²) in [4.78, 5) is 22.3. The fourth-order valence-electron chi connectivity index (χ4n) is 2.25. The van der Waals surface area contributed by atoms with Crippen molar-refractivity contribution >= 4 is 17.4 Å². The maximum absolute atomic E-state index is 12.1. The van der Waals surface area contributed by atoms with Crippen molar-refractivity contribution in [3.8, 4) is 10.6 Å². The number of aromatic nitrogens is 4. The summed E-state index contributed by atoms with van der Waals surface area (Å²) in [6.07, 6.45) is 4.85. The largest absolute Gasteiger partial charge is 0.423 e. The number of amides is 2. The third kappa shape index (κ3) is 4.63. The van der Waals surface area contributed by atoms with E-state index in [0.717, 1.165) is 16.3 Å². The Hall–Kier alpha value is -2.81.